The molecule has 98 valence electrons. The Hall–Kier alpha value is -1.75. The van der Waals surface area contributed by atoms with Crippen LogP contribution in [0.2, 0.25) is 0 Å². The zero-order valence-corrected chi connectivity index (χ0v) is 10.7. The number of amides is 1. The summed E-state index contributed by atoms with van der Waals surface area (Å²) < 4.78 is 10.7. The van der Waals surface area contributed by atoms with Gasteiger partial charge in [0, 0.05) is 12.0 Å². The predicted molar refractivity (Wildman–Crippen MR) is 69.2 cm³/mol. The molecular weight excluding hydrogens is 232 g/mol. The van der Waals surface area contributed by atoms with Gasteiger partial charge >= 0.3 is 0 Å². The summed E-state index contributed by atoms with van der Waals surface area (Å²) in [5, 5.41) is 2.86. The molecule has 0 fully saturated rings. The van der Waals surface area contributed by atoms with Crippen molar-refractivity contribution in [2.24, 2.45) is 5.73 Å². The van der Waals surface area contributed by atoms with Crippen LogP contribution < -0.4 is 20.5 Å². The summed E-state index contributed by atoms with van der Waals surface area (Å²) in [6.45, 7) is 0.539. The monoisotopic (exact) mass is 250 g/mol. The van der Waals surface area contributed by atoms with E-state index in [1.807, 2.05) is 6.07 Å². The van der Waals surface area contributed by atoms with Gasteiger partial charge in [-0.25, -0.2) is 0 Å². The van der Waals surface area contributed by atoms with E-state index in [0.717, 1.165) is 17.7 Å². The Morgan fingerprint density at radius 2 is 2.00 bits per heavy atom. The van der Waals surface area contributed by atoms with E-state index in [4.69, 9.17) is 15.2 Å². The molecule has 0 spiro atoms. The van der Waals surface area contributed by atoms with Crippen molar-refractivity contribution >= 4 is 11.6 Å². The minimum atomic E-state index is -0.00694. The van der Waals surface area contributed by atoms with Gasteiger partial charge in [-0.05, 0) is 31.0 Å². The molecule has 1 amide bonds. The summed E-state index contributed by atoms with van der Waals surface area (Å²) in [4.78, 5) is 11.7. The molecule has 0 aliphatic carbocycles. The van der Waals surface area contributed by atoms with Crippen molar-refractivity contribution in [3.05, 3.63) is 17.7 Å². The van der Waals surface area contributed by atoms with Crippen LogP contribution in [0.5, 0.6) is 11.5 Å². The first kappa shape index (κ1) is 12.7. The van der Waals surface area contributed by atoms with E-state index in [9.17, 15) is 4.79 Å². The van der Waals surface area contributed by atoms with Crippen molar-refractivity contribution in [2.75, 3.05) is 26.1 Å². The van der Waals surface area contributed by atoms with E-state index < -0.39 is 0 Å². The molecule has 1 heterocycles. The summed E-state index contributed by atoms with van der Waals surface area (Å²) in [5.41, 5.74) is 7.32. The summed E-state index contributed by atoms with van der Waals surface area (Å²) in [7, 11) is 3.21. The van der Waals surface area contributed by atoms with E-state index in [0.29, 0.717) is 24.4 Å². The van der Waals surface area contributed by atoms with Crippen LogP contribution in [0.3, 0.4) is 0 Å². The van der Waals surface area contributed by atoms with Crippen molar-refractivity contribution in [2.45, 2.75) is 18.8 Å². The molecule has 0 radical (unpaired) electrons. The van der Waals surface area contributed by atoms with Gasteiger partial charge in [0.25, 0.3) is 0 Å². The Morgan fingerprint density at radius 1 is 1.33 bits per heavy atom. The Labute approximate surface area is 106 Å². The third kappa shape index (κ3) is 2.13. The molecule has 18 heavy (non-hydrogen) atoms. The molecule has 1 aliphatic heterocycles. The molecule has 1 aliphatic rings. The number of carbonyl (C=O) groups excluding carboxylic acids is 1. The second-order valence-electron chi connectivity index (χ2n) is 4.29. The Morgan fingerprint density at radius 3 is 2.61 bits per heavy atom. The summed E-state index contributed by atoms with van der Waals surface area (Å²) in [6, 6.07) is 3.65. The van der Waals surface area contributed by atoms with Gasteiger partial charge in [0.2, 0.25) is 5.91 Å². The molecule has 1 unspecified atom stereocenters. The number of rotatable bonds is 4. The molecule has 0 saturated carbocycles. The number of fused-ring (bicyclic) bond motifs is 1. The van der Waals surface area contributed by atoms with Gasteiger partial charge in [0.1, 0.15) is 11.5 Å². The molecule has 2 rings (SSSR count). The highest BCUT2D eigenvalue weighted by molar-refractivity contribution is 5.97. The van der Waals surface area contributed by atoms with Gasteiger partial charge in [0.05, 0.1) is 19.9 Å². The number of carbonyl (C=O) groups is 1. The molecule has 1 aromatic rings. The zero-order valence-electron chi connectivity index (χ0n) is 10.7. The fourth-order valence-electron chi connectivity index (χ4n) is 2.43. The predicted octanol–water partition coefficient (Wildman–Crippen LogP) is 1.48. The normalized spacial score (nSPS) is 17.9. The van der Waals surface area contributed by atoms with Crippen LogP contribution >= 0.6 is 0 Å². The molecule has 1 aromatic carbocycles. The smallest absolute Gasteiger partial charge is 0.225 e. The third-order valence-electron chi connectivity index (χ3n) is 3.23. The number of ether oxygens (including phenoxy) is 2. The molecule has 0 bridgehead atoms. The molecule has 1 atom stereocenters. The van der Waals surface area contributed by atoms with E-state index in [1.54, 1.807) is 20.3 Å². The van der Waals surface area contributed by atoms with Gasteiger partial charge in [-0.1, -0.05) is 0 Å². The number of hydrogen-bond acceptors (Lipinski definition) is 4. The number of nitrogens with two attached hydrogens (primary N) is 1. The van der Waals surface area contributed by atoms with Crippen LogP contribution in [0, 0.1) is 0 Å². The maximum atomic E-state index is 11.7. The van der Waals surface area contributed by atoms with Gasteiger partial charge < -0.3 is 20.5 Å². The number of benzene rings is 1. The lowest BCUT2D eigenvalue weighted by Crippen LogP contribution is -2.25. The maximum Gasteiger partial charge on any atom is 0.225 e. The van der Waals surface area contributed by atoms with Gasteiger partial charge in [-0.15, -0.1) is 0 Å². The molecule has 3 N–H and O–H groups in total. The summed E-state index contributed by atoms with van der Waals surface area (Å²) in [6.07, 6.45) is 1.19. The second-order valence-corrected chi connectivity index (χ2v) is 4.29. The average molecular weight is 250 g/mol. The van der Waals surface area contributed by atoms with Crippen LogP contribution in [0.4, 0.5) is 5.69 Å². The van der Waals surface area contributed by atoms with E-state index in [-0.39, 0.29) is 11.8 Å². The Kier molecular flexibility index (Phi) is 3.72. The van der Waals surface area contributed by atoms with E-state index in [2.05, 4.69) is 5.32 Å². The lowest BCUT2D eigenvalue weighted by molar-refractivity contribution is -0.116. The van der Waals surface area contributed by atoms with Gasteiger partial charge in [-0.3, -0.25) is 4.79 Å². The minimum Gasteiger partial charge on any atom is -0.496 e. The lowest BCUT2D eigenvalue weighted by Gasteiger charge is -2.28. The molecule has 5 nitrogen and oxygen atoms in total. The van der Waals surface area contributed by atoms with E-state index >= 15 is 0 Å². The standard InChI is InChI=1S/C13H18N2O3/c1-17-9-3-4-10(18-2)13-12(9)8(5-6-14)7-11(16)15-13/h3-4,8H,5-7,14H2,1-2H3,(H,15,16). The van der Waals surface area contributed by atoms with Crippen molar-refractivity contribution in [1.82, 2.24) is 0 Å². The summed E-state index contributed by atoms with van der Waals surface area (Å²) in [5.74, 6) is 1.50. The molecule has 0 aromatic heterocycles. The first-order valence-electron chi connectivity index (χ1n) is 5.96. The summed E-state index contributed by atoms with van der Waals surface area (Å²) >= 11 is 0. The number of methoxy groups -OCH3 is 2. The zero-order chi connectivity index (χ0) is 13.1. The highest BCUT2D eigenvalue weighted by Gasteiger charge is 2.30. The molecule has 0 saturated heterocycles. The van der Waals surface area contributed by atoms with Crippen LogP contribution in [0.1, 0.15) is 24.3 Å². The van der Waals surface area contributed by atoms with Crippen LogP contribution in [-0.2, 0) is 4.79 Å². The topological polar surface area (TPSA) is 73.6 Å². The maximum absolute atomic E-state index is 11.7. The molecule has 5 heteroatoms. The van der Waals surface area contributed by atoms with Gasteiger partial charge in [-0.2, -0.15) is 0 Å². The Bertz CT molecular complexity index is 460. The minimum absolute atomic E-state index is 0.00694. The number of hydrogen-bond donors (Lipinski definition) is 2. The third-order valence-corrected chi connectivity index (χ3v) is 3.23. The SMILES string of the molecule is COc1ccc(OC)c2c1NC(=O)CC2CCN. The number of anilines is 1. The highest BCUT2D eigenvalue weighted by Crippen LogP contribution is 2.45. The highest BCUT2D eigenvalue weighted by atomic mass is 16.5. The quantitative estimate of drug-likeness (QED) is 0.848. The van der Waals surface area contributed by atoms with E-state index in [1.165, 1.54) is 0 Å². The second kappa shape index (κ2) is 5.27. The van der Waals surface area contributed by atoms with Gasteiger partial charge in [0.15, 0.2) is 0 Å². The van der Waals surface area contributed by atoms with Crippen LogP contribution in [0.25, 0.3) is 0 Å². The van der Waals surface area contributed by atoms with Crippen molar-refractivity contribution < 1.29 is 14.3 Å². The molecular formula is C13H18N2O3. The van der Waals surface area contributed by atoms with Crippen molar-refractivity contribution in [3.63, 3.8) is 0 Å². The van der Waals surface area contributed by atoms with Crippen molar-refractivity contribution in [1.29, 1.82) is 0 Å². The first-order chi connectivity index (χ1) is 8.71. The Balaban J connectivity index is 2.54. The average Bonchev–Trinajstić information content (AvgIpc) is 2.37. The van der Waals surface area contributed by atoms with Crippen LogP contribution in [-0.4, -0.2) is 26.7 Å². The fraction of sp³-hybridized carbons (Fsp3) is 0.462. The fourth-order valence-corrected chi connectivity index (χ4v) is 2.43. The lowest BCUT2D eigenvalue weighted by atomic mass is 9.87. The first-order valence-corrected chi connectivity index (χ1v) is 5.96. The largest absolute Gasteiger partial charge is 0.496 e. The number of nitrogens with one attached hydrogen (secondary N) is 1. The van der Waals surface area contributed by atoms with Crippen molar-refractivity contribution in [3.8, 4) is 11.5 Å². The van der Waals surface area contributed by atoms with Crippen LogP contribution in [0.15, 0.2) is 12.1 Å².